The highest BCUT2D eigenvalue weighted by atomic mass is 16.3. The van der Waals surface area contributed by atoms with E-state index >= 15 is 0 Å². The van der Waals surface area contributed by atoms with Crippen LogP contribution < -0.4 is 0 Å². The second-order valence-corrected chi connectivity index (χ2v) is 9.12. The van der Waals surface area contributed by atoms with Crippen LogP contribution in [0.4, 0.5) is 0 Å². The zero-order chi connectivity index (χ0) is 23.3. The molecule has 0 unspecified atom stereocenters. The molecule has 5 heteroatoms. The zero-order valence-electron chi connectivity index (χ0n) is 19.4. The van der Waals surface area contributed by atoms with Crippen molar-refractivity contribution < 1.29 is 4.42 Å². The Kier molecular flexibility index (Phi) is 4.59. The van der Waals surface area contributed by atoms with Gasteiger partial charge in [0.15, 0.2) is 0 Å². The molecule has 0 fully saturated rings. The summed E-state index contributed by atoms with van der Waals surface area (Å²) < 4.78 is 8.10. The maximum Gasteiger partial charge on any atom is 0.227 e. The number of fused-ring (bicyclic) bond motifs is 3. The molecule has 0 aliphatic rings. The predicted molar refractivity (Wildman–Crippen MR) is 135 cm³/mol. The number of pyridine rings is 2. The van der Waals surface area contributed by atoms with Crippen LogP contribution in [-0.4, -0.2) is 19.7 Å². The Labute approximate surface area is 197 Å². The van der Waals surface area contributed by atoms with E-state index in [0.717, 1.165) is 44.7 Å². The molecule has 0 bridgehead atoms. The van der Waals surface area contributed by atoms with Crippen LogP contribution in [0.3, 0.4) is 0 Å². The molecule has 0 amide bonds. The molecule has 0 spiro atoms. The standard InChI is InChI=1S/C29H24N4O/c1-19-14-15-23-22-10-5-11-24(27(22)34-28(23)31-19)25-12-6-13-26(32-25)29(2,3)20-8-4-9-21(18-20)33-17-7-16-30-33/h4-18H,1-3H3. The SMILES string of the molecule is Cc1ccc2c(n1)oc1c(-c3cccc(C(C)(C)c4cccc(-n5cccn5)c4)n3)cccc12. The van der Waals surface area contributed by atoms with Crippen LogP contribution in [0.2, 0.25) is 0 Å². The number of rotatable bonds is 4. The Morgan fingerprint density at radius 2 is 1.68 bits per heavy atom. The number of hydrogen-bond donors (Lipinski definition) is 0. The first-order valence-corrected chi connectivity index (χ1v) is 11.4. The highest BCUT2D eigenvalue weighted by Gasteiger charge is 2.26. The quantitative estimate of drug-likeness (QED) is 0.298. The number of nitrogens with zero attached hydrogens (tertiary/aromatic N) is 4. The second-order valence-electron chi connectivity index (χ2n) is 9.12. The van der Waals surface area contributed by atoms with E-state index in [4.69, 9.17) is 9.40 Å². The highest BCUT2D eigenvalue weighted by molar-refractivity contribution is 6.08. The van der Waals surface area contributed by atoms with Crippen molar-refractivity contribution in [2.24, 2.45) is 0 Å². The topological polar surface area (TPSA) is 56.7 Å². The molecular formula is C29H24N4O. The van der Waals surface area contributed by atoms with Gasteiger partial charge in [-0.15, -0.1) is 0 Å². The van der Waals surface area contributed by atoms with Crippen molar-refractivity contribution >= 4 is 22.1 Å². The fourth-order valence-electron chi connectivity index (χ4n) is 4.51. The van der Waals surface area contributed by atoms with Crippen molar-refractivity contribution in [2.45, 2.75) is 26.2 Å². The number of benzene rings is 2. The van der Waals surface area contributed by atoms with Crippen molar-refractivity contribution in [3.05, 3.63) is 108 Å². The largest absolute Gasteiger partial charge is 0.437 e. The van der Waals surface area contributed by atoms with Crippen LogP contribution in [-0.2, 0) is 5.41 Å². The Morgan fingerprint density at radius 3 is 2.53 bits per heavy atom. The summed E-state index contributed by atoms with van der Waals surface area (Å²) in [6, 6.07) is 26.9. The summed E-state index contributed by atoms with van der Waals surface area (Å²) >= 11 is 0. The summed E-state index contributed by atoms with van der Waals surface area (Å²) in [7, 11) is 0. The van der Waals surface area contributed by atoms with Crippen molar-refractivity contribution in [2.75, 3.05) is 0 Å². The van der Waals surface area contributed by atoms with Crippen LogP contribution in [0.25, 0.3) is 39.0 Å². The molecule has 166 valence electrons. The van der Waals surface area contributed by atoms with E-state index in [1.54, 1.807) is 6.20 Å². The number of para-hydroxylation sites is 1. The highest BCUT2D eigenvalue weighted by Crippen LogP contribution is 2.36. The van der Waals surface area contributed by atoms with Crippen LogP contribution in [0.15, 0.2) is 95.7 Å². The third kappa shape index (κ3) is 3.28. The second kappa shape index (κ2) is 7.66. The molecule has 0 aliphatic carbocycles. The summed E-state index contributed by atoms with van der Waals surface area (Å²) in [5, 5.41) is 6.45. The molecule has 0 aliphatic heterocycles. The van der Waals surface area contributed by atoms with E-state index < -0.39 is 0 Å². The van der Waals surface area contributed by atoms with Crippen LogP contribution in [0.5, 0.6) is 0 Å². The molecule has 2 aromatic carbocycles. The molecule has 6 aromatic rings. The van der Waals surface area contributed by atoms with Gasteiger partial charge in [0.05, 0.1) is 17.1 Å². The Bertz CT molecular complexity index is 1640. The van der Waals surface area contributed by atoms with Crippen molar-refractivity contribution in [3.8, 4) is 16.9 Å². The minimum absolute atomic E-state index is 0.306. The summed E-state index contributed by atoms with van der Waals surface area (Å²) in [5.74, 6) is 0. The lowest BCUT2D eigenvalue weighted by atomic mass is 9.81. The van der Waals surface area contributed by atoms with Gasteiger partial charge in [0, 0.05) is 39.8 Å². The van der Waals surface area contributed by atoms with Gasteiger partial charge < -0.3 is 4.42 Å². The Morgan fingerprint density at radius 1 is 0.824 bits per heavy atom. The predicted octanol–water partition coefficient (Wildman–Crippen LogP) is 6.86. The first-order valence-electron chi connectivity index (χ1n) is 11.4. The first kappa shape index (κ1) is 20.4. The van der Waals surface area contributed by atoms with Gasteiger partial charge in [-0.05, 0) is 61.0 Å². The fourth-order valence-corrected chi connectivity index (χ4v) is 4.51. The molecule has 4 aromatic heterocycles. The van der Waals surface area contributed by atoms with Gasteiger partial charge >= 0.3 is 0 Å². The molecule has 34 heavy (non-hydrogen) atoms. The molecular weight excluding hydrogens is 420 g/mol. The Hall–Kier alpha value is -4.25. The molecule has 6 rings (SSSR count). The zero-order valence-corrected chi connectivity index (χ0v) is 19.4. The van der Waals surface area contributed by atoms with Gasteiger partial charge in [-0.2, -0.15) is 5.10 Å². The number of aromatic nitrogens is 4. The summed E-state index contributed by atoms with van der Waals surface area (Å²) in [4.78, 5) is 9.70. The van der Waals surface area contributed by atoms with Crippen molar-refractivity contribution in [1.29, 1.82) is 0 Å². The van der Waals surface area contributed by atoms with Gasteiger partial charge in [-0.1, -0.05) is 44.2 Å². The molecule has 5 nitrogen and oxygen atoms in total. The molecule has 0 saturated carbocycles. The van der Waals surface area contributed by atoms with E-state index in [1.165, 1.54) is 5.56 Å². The summed E-state index contributed by atoms with van der Waals surface area (Å²) in [5.41, 5.74) is 7.16. The Balaban J connectivity index is 1.46. The third-order valence-corrected chi connectivity index (χ3v) is 6.51. The van der Waals surface area contributed by atoms with Crippen LogP contribution >= 0.6 is 0 Å². The average Bonchev–Trinajstić information content (AvgIpc) is 3.52. The average molecular weight is 445 g/mol. The smallest absolute Gasteiger partial charge is 0.227 e. The molecule has 0 atom stereocenters. The van der Waals surface area contributed by atoms with Gasteiger partial charge in [0.2, 0.25) is 5.71 Å². The van der Waals surface area contributed by atoms with Crippen LogP contribution in [0, 0.1) is 6.92 Å². The van der Waals surface area contributed by atoms with E-state index in [9.17, 15) is 0 Å². The van der Waals surface area contributed by atoms with E-state index in [2.05, 4.69) is 84.6 Å². The lowest BCUT2D eigenvalue weighted by Crippen LogP contribution is -2.21. The van der Waals surface area contributed by atoms with Gasteiger partial charge in [0.25, 0.3) is 0 Å². The summed E-state index contributed by atoms with van der Waals surface area (Å²) in [6.07, 6.45) is 3.74. The number of furan rings is 1. The molecule has 0 saturated heterocycles. The third-order valence-electron chi connectivity index (χ3n) is 6.51. The van der Waals surface area contributed by atoms with Crippen molar-refractivity contribution in [1.82, 2.24) is 19.7 Å². The normalized spacial score (nSPS) is 12.0. The van der Waals surface area contributed by atoms with Crippen molar-refractivity contribution in [3.63, 3.8) is 0 Å². The number of hydrogen-bond acceptors (Lipinski definition) is 4. The van der Waals surface area contributed by atoms with E-state index in [0.29, 0.717) is 5.71 Å². The van der Waals surface area contributed by atoms with Gasteiger partial charge in [-0.25, -0.2) is 9.67 Å². The molecule has 0 N–H and O–H groups in total. The lowest BCUT2D eigenvalue weighted by molar-refractivity contribution is 0.616. The fraction of sp³-hybridized carbons (Fsp3) is 0.138. The minimum Gasteiger partial charge on any atom is -0.437 e. The van der Waals surface area contributed by atoms with Crippen LogP contribution in [0.1, 0.15) is 30.8 Å². The minimum atomic E-state index is -0.306. The van der Waals surface area contributed by atoms with Gasteiger partial charge in [-0.3, -0.25) is 4.98 Å². The first-order chi connectivity index (χ1) is 16.5. The monoisotopic (exact) mass is 444 g/mol. The maximum atomic E-state index is 6.23. The van der Waals surface area contributed by atoms with E-state index in [1.807, 2.05) is 36.0 Å². The molecule has 4 heterocycles. The lowest BCUT2D eigenvalue weighted by Gasteiger charge is -2.26. The molecule has 0 radical (unpaired) electrons. The maximum absolute atomic E-state index is 6.23. The summed E-state index contributed by atoms with van der Waals surface area (Å²) in [6.45, 7) is 6.38. The van der Waals surface area contributed by atoms with Gasteiger partial charge in [0.1, 0.15) is 5.58 Å². The number of aryl methyl sites for hydroxylation is 1. The van der Waals surface area contributed by atoms with E-state index in [-0.39, 0.29) is 5.41 Å².